The lowest BCUT2D eigenvalue weighted by Crippen LogP contribution is -2.17. The lowest BCUT2D eigenvalue weighted by atomic mass is 10.2. The Hall–Kier alpha value is -2.18. The molecule has 106 valence electrons. The first-order chi connectivity index (χ1) is 10.1. The van der Waals surface area contributed by atoms with E-state index in [9.17, 15) is 4.79 Å². The van der Waals surface area contributed by atoms with Crippen LogP contribution in [0, 0.1) is 6.92 Å². The van der Waals surface area contributed by atoms with Crippen molar-refractivity contribution in [2.75, 3.05) is 0 Å². The SMILES string of the molecule is Cc1noc2ncn(/N=C/c3ccc(Cl)cc3Cl)c(=O)c12. The second kappa shape index (κ2) is 5.31. The number of hydrogen-bond acceptors (Lipinski definition) is 5. The number of benzene rings is 1. The number of rotatable bonds is 2. The van der Waals surface area contributed by atoms with Gasteiger partial charge in [-0.15, -0.1) is 0 Å². The van der Waals surface area contributed by atoms with Crippen LogP contribution in [0.15, 0.2) is 38.9 Å². The zero-order chi connectivity index (χ0) is 15.0. The van der Waals surface area contributed by atoms with Gasteiger partial charge in [0, 0.05) is 10.6 Å². The third-order valence-electron chi connectivity index (χ3n) is 2.83. The van der Waals surface area contributed by atoms with Crippen molar-refractivity contribution in [3.63, 3.8) is 0 Å². The normalized spacial score (nSPS) is 11.6. The fourth-order valence-corrected chi connectivity index (χ4v) is 2.24. The maximum atomic E-state index is 12.2. The number of fused-ring (bicyclic) bond motifs is 1. The third-order valence-corrected chi connectivity index (χ3v) is 3.40. The molecule has 6 nitrogen and oxygen atoms in total. The van der Waals surface area contributed by atoms with E-state index in [0.29, 0.717) is 26.7 Å². The molecule has 2 heterocycles. The van der Waals surface area contributed by atoms with Gasteiger partial charge in [0.25, 0.3) is 11.3 Å². The van der Waals surface area contributed by atoms with E-state index in [-0.39, 0.29) is 11.3 Å². The van der Waals surface area contributed by atoms with Crippen LogP contribution >= 0.6 is 23.2 Å². The highest BCUT2D eigenvalue weighted by atomic mass is 35.5. The monoisotopic (exact) mass is 322 g/mol. The van der Waals surface area contributed by atoms with Crippen LogP contribution in [0.4, 0.5) is 0 Å². The first-order valence-corrected chi connectivity index (χ1v) is 6.65. The van der Waals surface area contributed by atoms with Crippen molar-refractivity contribution in [1.29, 1.82) is 0 Å². The molecule has 0 aliphatic heterocycles. The minimum absolute atomic E-state index is 0.188. The highest BCUT2D eigenvalue weighted by Gasteiger charge is 2.11. The Morgan fingerprint density at radius 3 is 2.95 bits per heavy atom. The topological polar surface area (TPSA) is 73.3 Å². The van der Waals surface area contributed by atoms with Crippen LogP contribution in [0.3, 0.4) is 0 Å². The van der Waals surface area contributed by atoms with Crippen LogP contribution < -0.4 is 5.56 Å². The maximum absolute atomic E-state index is 12.2. The Morgan fingerprint density at radius 2 is 2.19 bits per heavy atom. The van der Waals surface area contributed by atoms with Gasteiger partial charge < -0.3 is 4.52 Å². The summed E-state index contributed by atoms with van der Waals surface area (Å²) in [7, 11) is 0. The predicted octanol–water partition coefficient (Wildman–Crippen LogP) is 2.88. The Bertz CT molecular complexity index is 914. The highest BCUT2D eigenvalue weighted by molar-refractivity contribution is 6.36. The predicted molar refractivity (Wildman–Crippen MR) is 80.3 cm³/mol. The Labute approximate surface area is 128 Å². The van der Waals surface area contributed by atoms with Crippen molar-refractivity contribution in [1.82, 2.24) is 14.8 Å². The standard InChI is InChI=1S/C13H8Cl2N4O2/c1-7-11-12(21-18-7)16-6-19(13(11)20)17-5-8-2-3-9(14)4-10(8)15/h2-6H,1H3/b17-5+. The molecule has 0 saturated heterocycles. The largest absolute Gasteiger partial charge is 0.335 e. The average molecular weight is 323 g/mol. The number of aromatic nitrogens is 3. The van der Waals surface area contributed by atoms with E-state index in [0.717, 1.165) is 4.68 Å². The van der Waals surface area contributed by atoms with Crippen LogP contribution in [0.2, 0.25) is 10.0 Å². The molecule has 0 aliphatic carbocycles. The van der Waals surface area contributed by atoms with Crippen molar-refractivity contribution in [3.8, 4) is 0 Å². The van der Waals surface area contributed by atoms with E-state index < -0.39 is 0 Å². The van der Waals surface area contributed by atoms with Crippen molar-refractivity contribution in [2.45, 2.75) is 6.92 Å². The highest BCUT2D eigenvalue weighted by Crippen LogP contribution is 2.19. The zero-order valence-electron chi connectivity index (χ0n) is 10.7. The van der Waals surface area contributed by atoms with Gasteiger partial charge in [-0.1, -0.05) is 34.4 Å². The van der Waals surface area contributed by atoms with E-state index in [1.807, 2.05) is 0 Å². The molecule has 3 rings (SSSR count). The average Bonchev–Trinajstić information content (AvgIpc) is 2.82. The fourth-order valence-electron chi connectivity index (χ4n) is 1.78. The maximum Gasteiger partial charge on any atom is 0.287 e. The van der Waals surface area contributed by atoms with Gasteiger partial charge in [-0.25, -0.2) is 0 Å². The van der Waals surface area contributed by atoms with Crippen LogP contribution in [-0.2, 0) is 0 Å². The summed E-state index contributed by atoms with van der Waals surface area (Å²) < 4.78 is 6.01. The van der Waals surface area contributed by atoms with Gasteiger partial charge in [0.2, 0.25) is 0 Å². The zero-order valence-corrected chi connectivity index (χ0v) is 12.3. The minimum Gasteiger partial charge on any atom is -0.335 e. The molecule has 0 bridgehead atoms. The van der Waals surface area contributed by atoms with Crippen LogP contribution in [0.1, 0.15) is 11.3 Å². The molecule has 1 aromatic carbocycles. The summed E-state index contributed by atoms with van der Waals surface area (Å²) in [5.74, 6) is 0. The van der Waals surface area contributed by atoms with Gasteiger partial charge in [0.15, 0.2) is 0 Å². The second-order valence-electron chi connectivity index (χ2n) is 4.25. The summed E-state index contributed by atoms with van der Waals surface area (Å²) in [5, 5.41) is 9.03. The number of aryl methyl sites for hydroxylation is 1. The fraction of sp³-hybridized carbons (Fsp3) is 0.0769. The van der Waals surface area contributed by atoms with Gasteiger partial charge in [0.05, 0.1) is 16.9 Å². The first-order valence-electron chi connectivity index (χ1n) is 5.89. The van der Waals surface area contributed by atoms with Crippen LogP contribution in [0.25, 0.3) is 11.1 Å². The molecule has 0 radical (unpaired) electrons. The summed E-state index contributed by atoms with van der Waals surface area (Å²) in [5.41, 5.74) is 0.931. The Kier molecular flexibility index (Phi) is 3.48. The molecule has 0 atom stereocenters. The van der Waals surface area contributed by atoms with Gasteiger partial charge in [-0.2, -0.15) is 14.8 Å². The molecule has 0 amide bonds. The second-order valence-corrected chi connectivity index (χ2v) is 5.10. The Morgan fingerprint density at radius 1 is 1.38 bits per heavy atom. The number of nitrogens with zero attached hydrogens (tertiary/aromatic N) is 4. The number of hydrogen-bond donors (Lipinski definition) is 0. The summed E-state index contributed by atoms with van der Waals surface area (Å²) in [6, 6.07) is 4.98. The molecule has 0 spiro atoms. The molecule has 0 N–H and O–H groups in total. The van der Waals surface area contributed by atoms with E-state index in [1.165, 1.54) is 12.5 Å². The smallest absolute Gasteiger partial charge is 0.287 e. The molecule has 0 fully saturated rings. The molecular weight excluding hydrogens is 315 g/mol. The van der Waals surface area contributed by atoms with Crippen LogP contribution in [-0.4, -0.2) is 21.0 Å². The van der Waals surface area contributed by atoms with Crippen molar-refractivity contribution in [2.24, 2.45) is 5.10 Å². The van der Waals surface area contributed by atoms with E-state index >= 15 is 0 Å². The van der Waals surface area contributed by atoms with Gasteiger partial charge >= 0.3 is 0 Å². The molecule has 0 aliphatic rings. The molecule has 21 heavy (non-hydrogen) atoms. The van der Waals surface area contributed by atoms with E-state index in [4.69, 9.17) is 27.7 Å². The van der Waals surface area contributed by atoms with Gasteiger partial charge in [-0.05, 0) is 19.1 Å². The molecule has 2 aromatic heterocycles. The Balaban J connectivity index is 2.05. The third kappa shape index (κ3) is 2.55. The van der Waals surface area contributed by atoms with E-state index in [2.05, 4.69) is 15.2 Å². The van der Waals surface area contributed by atoms with Crippen molar-refractivity contribution < 1.29 is 4.52 Å². The summed E-state index contributed by atoms with van der Waals surface area (Å²) in [6.07, 6.45) is 2.71. The lowest BCUT2D eigenvalue weighted by molar-refractivity contribution is 0.442. The molecule has 8 heteroatoms. The number of halogens is 2. The van der Waals surface area contributed by atoms with Gasteiger partial charge in [0.1, 0.15) is 11.7 Å². The summed E-state index contributed by atoms with van der Waals surface area (Å²) in [4.78, 5) is 16.2. The summed E-state index contributed by atoms with van der Waals surface area (Å²) >= 11 is 11.9. The molecule has 0 saturated carbocycles. The minimum atomic E-state index is -0.361. The molecule has 3 aromatic rings. The molecular formula is C13H8Cl2N4O2. The first kappa shape index (κ1) is 13.8. The lowest BCUT2D eigenvalue weighted by Gasteiger charge is -1.99. The van der Waals surface area contributed by atoms with E-state index in [1.54, 1.807) is 25.1 Å². The molecule has 0 unspecified atom stereocenters. The van der Waals surface area contributed by atoms with Crippen molar-refractivity contribution in [3.05, 3.63) is 56.2 Å². The summed E-state index contributed by atoms with van der Waals surface area (Å²) in [6.45, 7) is 1.67. The quantitative estimate of drug-likeness (QED) is 0.680. The van der Waals surface area contributed by atoms with Crippen LogP contribution in [0.5, 0.6) is 0 Å². The van der Waals surface area contributed by atoms with Gasteiger partial charge in [-0.3, -0.25) is 4.79 Å². The van der Waals surface area contributed by atoms with Crippen molar-refractivity contribution >= 4 is 40.5 Å².